The number of carbonyl (C=O) groups excluding carboxylic acids is 1. The van der Waals surface area contributed by atoms with E-state index in [0.29, 0.717) is 18.2 Å². The Morgan fingerprint density at radius 3 is 3.00 bits per heavy atom. The minimum atomic E-state index is 0.219. The molecule has 0 spiro atoms. The van der Waals surface area contributed by atoms with Crippen LogP contribution in [0.1, 0.15) is 26.2 Å². The van der Waals surface area contributed by atoms with E-state index in [1.807, 2.05) is 4.90 Å². The lowest BCUT2D eigenvalue weighted by atomic mass is 10.0. The zero-order valence-corrected chi connectivity index (χ0v) is 8.31. The Morgan fingerprint density at radius 1 is 1.67 bits per heavy atom. The van der Waals surface area contributed by atoms with Gasteiger partial charge in [0.25, 0.3) is 0 Å². The van der Waals surface area contributed by atoms with Crippen molar-refractivity contribution < 1.29 is 4.79 Å². The molecule has 70 valence electrons. The summed E-state index contributed by atoms with van der Waals surface area (Å²) in [6.07, 6.45) is 2.90. The van der Waals surface area contributed by atoms with Crippen molar-refractivity contribution in [1.82, 2.24) is 4.90 Å². The second-order valence-corrected chi connectivity index (χ2v) is 3.90. The first-order valence-electron chi connectivity index (χ1n) is 4.57. The second-order valence-electron chi connectivity index (χ2n) is 3.53. The third kappa shape index (κ3) is 2.67. The van der Waals surface area contributed by atoms with E-state index in [9.17, 15) is 4.79 Å². The predicted octanol–water partition coefficient (Wildman–Crippen LogP) is 1.87. The fourth-order valence-corrected chi connectivity index (χ4v) is 1.82. The van der Waals surface area contributed by atoms with Crippen LogP contribution in [0.4, 0.5) is 0 Å². The van der Waals surface area contributed by atoms with Crippen molar-refractivity contribution in [2.24, 2.45) is 5.92 Å². The zero-order chi connectivity index (χ0) is 8.97. The number of hydrogen-bond acceptors (Lipinski definition) is 1. The average molecular weight is 190 g/mol. The monoisotopic (exact) mass is 189 g/mol. The molecule has 0 unspecified atom stereocenters. The van der Waals surface area contributed by atoms with Crippen LogP contribution in [0.15, 0.2) is 0 Å². The van der Waals surface area contributed by atoms with Crippen LogP contribution in [0.25, 0.3) is 0 Å². The van der Waals surface area contributed by atoms with Crippen molar-refractivity contribution in [2.75, 3.05) is 19.0 Å². The normalized spacial score (nSPS) is 24.2. The van der Waals surface area contributed by atoms with Crippen molar-refractivity contribution >= 4 is 17.5 Å². The highest BCUT2D eigenvalue weighted by Crippen LogP contribution is 2.15. The number of alkyl halides is 1. The molecular formula is C9H16ClNO. The molecule has 12 heavy (non-hydrogen) atoms. The van der Waals surface area contributed by atoms with Crippen LogP contribution in [0.3, 0.4) is 0 Å². The topological polar surface area (TPSA) is 20.3 Å². The van der Waals surface area contributed by atoms with Gasteiger partial charge in [-0.3, -0.25) is 4.79 Å². The van der Waals surface area contributed by atoms with Gasteiger partial charge in [0.1, 0.15) is 0 Å². The minimum Gasteiger partial charge on any atom is -0.342 e. The lowest BCUT2D eigenvalue weighted by Gasteiger charge is -2.30. The number of halogens is 1. The maximum absolute atomic E-state index is 11.4. The van der Waals surface area contributed by atoms with Gasteiger partial charge in [-0.25, -0.2) is 0 Å². The van der Waals surface area contributed by atoms with Crippen molar-refractivity contribution in [3.8, 4) is 0 Å². The molecule has 0 radical (unpaired) electrons. The third-order valence-corrected chi connectivity index (χ3v) is 2.51. The quantitative estimate of drug-likeness (QED) is 0.608. The minimum absolute atomic E-state index is 0.219. The summed E-state index contributed by atoms with van der Waals surface area (Å²) in [6.45, 7) is 4.05. The molecule has 1 aliphatic heterocycles. The fraction of sp³-hybridized carbons (Fsp3) is 0.889. The lowest BCUT2D eigenvalue weighted by molar-refractivity contribution is -0.132. The van der Waals surface area contributed by atoms with Crippen molar-refractivity contribution in [3.63, 3.8) is 0 Å². The third-order valence-electron chi connectivity index (χ3n) is 2.32. The number of nitrogens with zero attached hydrogens (tertiary/aromatic N) is 1. The zero-order valence-electron chi connectivity index (χ0n) is 7.55. The molecule has 1 fully saturated rings. The highest BCUT2D eigenvalue weighted by atomic mass is 35.5. The molecule has 0 saturated carbocycles. The Balaban J connectivity index is 2.35. The van der Waals surface area contributed by atoms with Gasteiger partial charge in [-0.2, -0.15) is 0 Å². The molecule has 0 aromatic carbocycles. The molecule has 1 saturated heterocycles. The molecule has 2 nitrogen and oxygen atoms in total. The molecule has 1 rings (SSSR count). The first-order valence-corrected chi connectivity index (χ1v) is 5.11. The van der Waals surface area contributed by atoms with Gasteiger partial charge in [0.2, 0.25) is 5.91 Å². The first kappa shape index (κ1) is 9.85. The average Bonchev–Trinajstić information content (AvgIpc) is 2.05. The Bertz CT molecular complexity index is 161. The van der Waals surface area contributed by atoms with Crippen LogP contribution < -0.4 is 0 Å². The number of rotatable bonds is 2. The van der Waals surface area contributed by atoms with Gasteiger partial charge in [-0.1, -0.05) is 6.92 Å². The van der Waals surface area contributed by atoms with E-state index in [-0.39, 0.29) is 5.91 Å². The van der Waals surface area contributed by atoms with Gasteiger partial charge in [-0.15, -0.1) is 11.6 Å². The van der Waals surface area contributed by atoms with Gasteiger partial charge in [0.15, 0.2) is 0 Å². The van der Waals surface area contributed by atoms with Gasteiger partial charge < -0.3 is 4.90 Å². The van der Waals surface area contributed by atoms with Crippen molar-refractivity contribution in [3.05, 3.63) is 0 Å². The molecule has 1 amide bonds. The van der Waals surface area contributed by atoms with Crippen LogP contribution >= 0.6 is 11.6 Å². The molecule has 1 atom stereocenters. The molecule has 0 aliphatic carbocycles. The van der Waals surface area contributed by atoms with E-state index in [0.717, 1.165) is 19.5 Å². The van der Waals surface area contributed by atoms with E-state index in [4.69, 9.17) is 11.6 Å². The van der Waals surface area contributed by atoms with E-state index in [1.54, 1.807) is 0 Å². The van der Waals surface area contributed by atoms with Crippen LogP contribution in [-0.2, 0) is 4.79 Å². The highest BCUT2D eigenvalue weighted by Gasteiger charge is 2.19. The van der Waals surface area contributed by atoms with Crippen molar-refractivity contribution in [1.29, 1.82) is 0 Å². The SMILES string of the molecule is C[C@@H]1CCCN(C(=O)CCCl)C1. The standard InChI is InChI=1S/C9H16ClNO/c1-8-3-2-6-11(7-8)9(12)4-5-10/h8H,2-7H2,1H3/t8-/m1/s1. The summed E-state index contributed by atoms with van der Waals surface area (Å²) in [7, 11) is 0. The number of carbonyl (C=O) groups is 1. The number of amides is 1. The Morgan fingerprint density at radius 2 is 2.42 bits per heavy atom. The fourth-order valence-electron chi connectivity index (χ4n) is 1.65. The van der Waals surface area contributed by atoms with Gasteiger partial charge in [-0.05, 0) is 18.8 Å². The molecular weight excluding hydrogens is 174 g/mol. The van der Waals surface area contributed by atoms with E-state index >= 15 is 0 Å². The summed E-state index contributed by atoms with van der Waals surface area (Å²) in [4.78, 5) is 13.3. The van der Waals surface area contributed by atoms with E-state index < -0.39 is 0 Å². The molecule has 1 heterocycles. The maximum Gasteiger partial charge on any atom is 0.223 e. The van der Waals surface area contributed by atoms with Gasteiger partial charge in [0.05, 0.1) is 0 Å². The second kappa shape index (κ2) is 4.70. The van der Waals surface area contributed by atoms with Crippen LogP contribution in [-0.4, -0.2) is 29.8 Å². The Kier molecular flexibility index (Phi) is 3.86. The summed E-state index contributed by atoms with van der Waals surface area (Å²) in [5, 5.41) is 0. The lowest BCUT2D eigenvalue weighted by Crippen LogP contribution is -2.39. The molecule has 0 bridgehead atoms. The predicted molar refractivity (Wildman–Crippen MR) is 50.3 cm³/mol. The largest absolute Gasteiger partial charge is 0.342 e. The van der Waals surface area contributed by atoms with Crippen molar-refractivity contribution in [2.45, 2.75) is 26.2 Å². The molecule has 3 heteroatoms. The Labute approximate surface area is 78.9 Å². The molecule has 1 aliphatic rings. The van der Waals surface area contributed by atoms with E-state index in [2.05, 4.69) is 6.92 Å². The molecule has 0 aromatic rings. The maximum atomic E-state index is 11.4. The first-order chi connectivity index (χ1) is 5.74. The molecule has 0 aromatic heterocycles. The summed E-state index contributed by atoms with van der Waals surface area (Å²) in [5.41, 5.74) is 0. The van der Waals surface area contributed by atoms with Gasteiger partial charge in [0, 0.05) is 25.4 Å². The smallest absolute Gasteiger partial charge is 0.223 e. The van der Waals surface area contributed by atoms with Gasteiger partial charge >= 0.3 is 0 Å². The van der Waals surface area contributed by atoms with Crippen LogP contribution in [0, 0.1) is 5.92 Å². The summed E-state index contributed by atoms with van der Waals surface area (Å²) in [5.74, 6) is 1.33. The Hall–Kier alpha value is -0.240. The summed E-state index contributed by atoms with van der Waals surface area (Å²) >= 11 is 5.50. The van der Waals surface area contributed by atoms with Crippen LogP contribution in [0.5, 0.6) is 0 Å². The number of piperidine rings is 1. The molecule has 0 N–H and O–H groups in total. The summed E-state index contributed by atoms with van der Waals surface area (Å²) < 4.78 is 0. The number of hydrogen-bond donors (Lipinski definition) is 0. The van der Waals surface area contributed by atoms with E-state index in [1.165, 1.54) is 6.42 Å². The number of likely N-dealkylation sites (tertiary alicyclic amines) is 1. The highest BCUT2D eigenvalue weighted by molar-refractivity contribution is 6.18. The summed E-state index contributed by atoms with van der Waals surface area (Å²) in [6, 6.07) is 0. The van der Waals surface area contributed by atoms with Crippen LogP contribution in [0.2, 0.25) is 0 Å².